The van der Waals surface area contributed by atoms with Gasteiger partial charge in [-0.15, -0.1) is 0 Å². The molecule has 31 heavy (non-hydrogen) atoms. The Hall–Kier alpha value is -3.13. The summed E-state index contributed by atoms with van der Waals surface area (Å²) in [5.41, 5.74) is 2.71. The first-order valence-corrected chi connectivity index (χ1v) is 11.8. The molecule has 2 heterocycles. The maximum atomic E-state index is 13.1. The van der Waals surface area contributed by atoms with E-state index >= 15 is 0 Å². The maximum absolute atomic E-state index is 13.1. The number of nitrogens with zero attached hydrogens (tertiary/aromatic N) is 3. The minimum atomic E-state index is -3.79. The molecule has 162 valence electrons. The smallest absolute Gasteiger partial charge is 0.264 e. The number of amides is 1. The average molecular weight is 439 g/mol. The zero-order valence-electron chi connectivity index (χ0n) is 17.7. The molecule has 2 aromatic carbocycles. The minimum Gasteiger partial charge on any atom is -0.346 e. The summed E-state index contributed by atoms with van der Waals surface area (Å²) in [6.07, 6.45) is 5.23. The molecular weight excluding hydrogens is 412 g/mol. The number of sulfonamides is 1. The Labute approximate surface area is 182 Å². The summed E-state index contributed by atoms with van der Waals surface area (Å²) in [6, 6.07) is 13.3. The lowest BCUT2D eigenvalue weighted by Gasteiger charge is -2.20. The largest absolute Gasteiger partial charge is 0.346 e. The number of carbonyl (C=O) groups excluding carboxylic acids is 1. The van der Waals surface area contributed by atoms with Crippen LogP contribution in [0.15, 0.2) is 59.6 Å². The third kappa shape index (κ3) is 4.49. The third-order valence-electron chi connectivity index (χ3n) is 5.54. The highest BCUT2D eigenvalue weighted by Crippen LogP contribution is 2.23. The maximum Gasteiger partial charge on any atom is 0.264 e. The fraction of sp³-hybridized carbons (Fsp3) is 0.304. The molecule has 0 unspecified atom stereocenters. The van der Waals surface area contributed by atoms with Gasteiger partial charge in [-0.25, -0.2) is 13.4 Å². The van der Waals surface area contributed by atoms with E-state index in [-0.39, 0.29) is 10.8 Å². The molecule has 0 fully saturated rings. The van der Waals surface area contributed by atoms with Gasteiger partial charge in [0.05, 0.1) is 22.8 Å². The van der Waals surface area contributed by atoms with E-state index in [1.54, 1.807) is 24.3 Å². The predicted octanol–water partition coefficient (Wildman–Crippen LogP) is 3.28. The van der Waals surface area contributed by atoms with E-state index in [9.17, 15) is 13.2 Å². The molecule has 0 atom stereocenters. The second-order valence-electron chi connectivity index (χ2n) is 7.82. The van der Waals surface area contributed by atoms with Crippen LogP contribution >= 0.6 is 0 Å². The Morgan fingerprint density at radius 1 is 1.16 bits per heavy atom. The Balaban J connectivity index is 1.48. The van der Waals surface area contributed by atoms with Crippen molar-refractivity contribution in [2.45, 2.75) is 44.2 Å². The first kappa shape index (κ1) is 21.1. The normalized spacial score (nSPS) is 13.5. The first-order valence-electron chi connectivity index (χ1n) is 10.3. The molecule has 0 bridgehead atoms. The molecule has 4 rings (SSSR count). The number of aryl methyl sites for hydroxylation is 3. The molecule has 7 nitrogen and oxygen atoms in total. The molecule has 0 spiro atoms. The van der Waals surface area contributed by atoms with Crippen molar-refractivity contribution in [2.75, 3.05) is 11.4 Å². The number of rotatable bonds is 6. The number of fused-ring (bicyclic) bond motifs is 1. The summed E-state index contributed by atoms with van der Waals surface area (Å²) in [7, 11) is -2.29. The van der Waals surface area contributed by atoms with E-state index < -0.39 is 10.0 Å². The lowest BCUT2D eigenvalue weighted by atomic mass is 10.2. The monoisotopic (exact) mass is 438 g/mol. The number of anilines is 1. The molecule has 1 amide bonds. The standard InChI is InChI=1S/C23H26N4O3S/c1-17-9-11-20(12-10-17)26(2)31(29,30)21-7-5-6-18(14-21)23(28)24-15-19-16-27-13-4-3-8-22(27)25-19/h5-7,9-12,14,16H,3-4,8,13,15H2,1-2H3,(H,24,28). The van der Waals surface area contributed by atoms with Gasteiger partial charge in [0.25, 0.3) is 15.9 Å². The van der Waals surface area contributed by atoms with Crippen molar-refractivity contribution in [3.8, 4) is 0 Å². The van der Waals surface area contributed by atoms with Crippen molar-refractivity contribution in [3.63, 3.8) is 0 Å². The van der Waals surface area contributed by atoms with Crippen molar-refractivity contribution >= 4 is 21.6 Å². The van der Waals surface area contributed by atoms with Gasteiger partial charge in [0, 0.05) is 31.8 Å². The quantitative estimate of drug-likeness (QED) is 0.640. The number of benzene rings is 2. The fourth-order valence-electron chi connectivity index (χ4n) is 3.68. The number of hydrogen-bond acceptors (Lipinski definition) is 4. The van der Waals surface area contributed by atoms with Gasteiger partial charge in [0.2, 0.25) is 0 Å². The van der Waals surface area contributed by atoms with Crippen LogP contribution in [0.25, 0.3) is 0 Å². The second-order valence-corrected chi connectivity index (χ2v) is 9.79. The molecule has 1 N–H and O–H groups in total. The lowest BCUT2D eigenvalue weighted by Crippen LogP contribution is -2.27. The number of aromatic nitrogens is 2. The van der Waals surface area contributed by atoms with Crippen LogP contribution in [0, 0.1) is 6.92 Å². The average Bonchev–Trinajstić information content (AvgIpc) is 3.20. The highest BCUT2D eigenvalue weighted by molar-refractivity contribution is 7.92. The summed E-state index contributed by atoms with van der Waals surface area (Å²) < 4.78 is 29.5. The summed E-state index contributed by atoms with van der Waals surface area (Å²) in [5.74, 6) is 0.726. The van der Waals surface area contributed by atoms with Crippen LogP contribution in [-0.2, 0) is 29.5 Å². The van der Waals surface area contributed by atoms with Gasteiger partial charge in [0.1, 0.15) is 5.82 Å². The van der Waals surface area contributed by atoms with Gasteiger partial charge in [0.15, 0.2) is 0 Å². The van der Waals surface area contributed by atoms with Gasteiger partial charge in [-0.3, -0.25) is 9.10 Å². The van der Waals surface area contributed by atoms with Crippen LogP contribution in [0.5, 0.6) is 0 Å². The number of carbonyl (C=O) groups is 1. The Morgan fingerprint density at radius 3 is 2.68 bits per heavy atom. The lowest BCUT2D eigenvalue weighted by molar-refractivity contribution is 0.0950. The summed E-state index contributed by atoms with van der Waals surface area (Å²) >= 11 is 0. The van der Waals surface area contributed by atoms with E-state index in [2.05, 4.69) is 14.9 Å². The third-order valence-corrected chi connectivity index (χ3v) is 7.32. The Kier molecular flexibility index (Phi) is 5.82. The predicted molar refractivity (Wildman–Crippen MR) is 120 cm³/mol. The highest BCUT2D eigenvalue weighted by Gasteiger charge is 2.22. The van der Waals surface area contributed by atoms with E-state index in [4.69, 9.17) is 0 Å². The van der Waals surface area contributed by atoms with Gasteiger partial charge < -0.3 is 9.88 Å². The summed E-state index contributed by atoms with van der Waals surface area (Å²) in [6.45, 7) is 3.21. The van der Waals surface area contributed by atoms with Crippen molar-refractivity contribution in [1.82, 2.24) is 14.9 Å². The molecule has 1 aliphatic rings. The van der Waals surface area contributed by atoms with Gasteiger partial charge in [-0.05, 0) is 50.1 Å². The zero-order chi connectivity index (χ0) is 22.0. The first-order chi connectivity index (χ1) is 14.8. The molecule has 1 aliphatic heterocycles. The summed E-state index contributed by atoms with van der Waals surface area (Å²) in [5, 5.41) is 2.85. The van der Waals surface area contributed by atoms with Crippen LogP contribution in [0.4, 0.5) is 5.69 Å². The molecule has 1 aromatic heterocycles. The molecule has 0 saturated heterocycles. The highest BCUT2D eigenvalue weighted by atomic mass is 32.2. The number of imidazole rings is 1. The molecule has 0 aliphatic carbocycles. The SMILES string of the molecule is Cc1ccc(N(C)S(=O)(=O)c2cccc(C(=O)NCc3cn4c(n3)CCCC4)c2)cc1. The van der Waals surface area contributed by atoms with E-state index in [0.29, 0.717) is 17.8 Å². The molecule has 8 heteroatoms. The van der Waals surface area contributed by atoms with Gasteiger partial charge >= 0.3 is 0 Å². The van der Waals surface area contributed by atoms with Crippen LogP contribution in [-0.4, -0.2) is 30.9 Å². The van der Waals surface area contributed by atoms with E-state index in [0.717, 1.165) is 42.9 Å². The Morgan fingerprint density at radius 2 is 1.94 bits per heavy atom. The number of hydrogen-bond donors (Lipinski definition) is 1. The van der Waals surface area contributed by atoms with Crippen molar-refractivity contribution in [3.05, 3.63) is 77.4 Å². The van der Waals surface area contributed by atoms with Crippen molar-refractivity contribution in [1.29, 1.82) is 0 Å². The summed E-state index contributed by atoms with van der Waals surface area (Å²) in [4.78, 5) is 17.3. The zero-order valence-corrected chi connectivity index (χ0v) is 18.5. The second kappa shape index (κ2) is 8.55. The molecule has 3 aromatic rings. The van der Waals surface area contributed by atoms with Crippen LogP contribution < -0.4 is 9.62 Å². The molecule has 0 radical (unpaired) electrons. The van der Waals surface area contributed by atoms with E-state index in [1.165, 1.54) is 23.5 Å². The Bertz CT molecular complexity index is 1180. The van der Waals surface area contributed by atoms with E-state index in [1.807, 2.05) is 25.3 Å². The molecule has 0 saturated carbocycles. The van der Waals surface area contributed by atoms with Gasteiger partial charge in [-0.1, -0.05) is 23.8 Å². The van der Waals surface area contributed by atoms with Crippen molar-refractivity contribution in [2.24, 2.45) is 0 Å². The van der Waals surface area contributed by atoms with Crippen LogP contribution in [0.3, 0.4) is 0 Å². The van der Waals surface area contributed by atoms with Gasteiger partial charge in [-0.2, -0.15) is 0 Å². The van der Waals surface area contributed by atoms with Crippen LogP contribution in [0.1, 0.15) is 40.3 Å². The molecular formula is C23H26N4O3S. The topological polar surface area (TPSA) is 84.3 Å². The fourth-order valence-corrected chi connectivity index (χ4v) is 4.92. The van der Waals surface area contributed by atoms with Crippen molar-refractivity contribution < 1.29 is 13.2 Å². The number of nitrogens with one attached hydrogen (secondary N) is 1. The van der Waals surface area contributed by atoms with Crippen LogP contribution in [0.2, 0.25) is 0 Å². The minimum absolute atomic E-state index is 0.0701.